The predicted octanol–water partition coefficient (Wildman–Crippen LogP) is 1.03. The SMILES string of the molecule is CC(C)(C)OC(=O)N1C[C@@H](C(=O)O)C[C@H](N2CCOCC2)C1. The van der Waals surface area contributed by atoms with Crippen LogP contribution in [-0.2, 0) is 14.3 Å². The fraction of sp³-hybridized carbons (Fsp3) is 0.867. The van der Waals surface area contributed by atoms with E-state index >= 15 is 0 Å². The van der Waals surface area contributed by atoms with Gasteiger partial charge in [0.1, 0.15) is 5.60 Å². The number of likely N-dealkylation sites (tertiary alicyclic amines) is 1. The number of carbonyl (C=O) groups is 2. The molecule has 2 atom stereocenters. The minimum atomic E-state index is -0.855. The first kappa shape index (κ1) is 17.0. The van der Waals surface area contributed by atoms with Gasteiger partial charge in [-0.2, -0.15) is 0 Å². The summed E-state index contributed by atoms with van der Waals surface area (Å²) in [6.07, 6.45) is 0.131. The average Bonchev–Trinajstić information content (AvgIpc) is 2.46. The Hall–Kier alpha value is -1.34. The molecule has 2 heterocycles. The van der Waals surface area contributed by atoms with Gasteiger partial charge in [-0.25, -0.2) is 4.79 Å². The number of ether oxygens (including phenoxy) is 2. The minimum absolute atomic E-state index is 0.0475. The summed E-state index contributed by atoms with van der Waals surface area (Å²) < 4.78 is 10.7. The highest BCUT2D eigenvalue weighted by atomic mass is 16.6. The van der Waals surface area contributed by atoms with E-state index in [9.17, 15) is 14.7 Å². The average molecular weight is 314 g/mol. The predicted molar refractivity (Wildman–Crippen MR) is 79.7 cm³/mol. The quantitative estimate of drug-likeness (QED) is 0.820. The maximum Gasteiger partial charge on any atom is 0.410 e. The van der Waals surface area contributed by atoms with Gasteiger partial charge in [0.2, 0.25) is 0 Å². The number of aliphatic carboxylic acids is 1. The number of carboxylic acids is 1. The number of rotatable bonds is 2. The van der Waals surface area contributed by atoms with Crippen LogP contribution in [0.25, 0.3) is 0 Å². The Morgan fingerprint density at radius 2 is 1.82 bits per heavy atom. The van der Waals surface area contributed by atoms with Crippen molar-refractivity contribution >= 4 is 12.1 Å². The molecule has 7 nitrogen and oxygen atoms in total. The summed E-state index contributed by atoms with van der Waals surface area (Å²) in [4.78, 5) is 27.4. The third-order valence-electron chi connectivity index (χ3n) is 3.99. The van der Waals surface area contributed by atoms with E-state index in [2.05, 4.69) is 4.90 Å². The van der Waals surface area contributed by atoms with Crippen LogP contribution in [0.2, 0.25) is 0 Å². The van der Waals surface area contributed by atoms with E-state index < -0.39 is 23.6 Å². The van der Waals surface area contributed by atoms with Crippen LogP contribution in [0.3, 0.4) is 0 Å². The van der Waals surface area contributed by atoms with E-state index in [1.807, 2.05) is 20.8 Å². The molecule has 22 heavy (non-hydrogen) atoms. The summed E-state index contributed by atoms with van der Waals surface area (Å²) in [7, 11) is 0. The molecule has 2 aliphatic heterocycles. The second-order valence-corrected chi connectivity index (χ2v) is 6.96. The van der Waals surface area contributed by atoms with Crippen molar-refractivity contribution in [2.24, 2.45) is 5.92 Å². The third-order valence-corrected chi connectivity index (χ3v) is 3.99. The first-order chi connectivity index (χ1) is 10.3. The fourth-order valence-electron chi connectivity index (χ4n) is 2.93. The van der Waals surface area contributed by atoms with Crippen molar-refractivity contribution in [1.29, 1.82) is 0 Å². The molecule has 0 spiro atoms. The Morgan fingerprint density at radius 1 is 1.18 bits per heavy atom. The highest BCUT2D eigenvalue weighted by Crippen LogP contribution is 2.24. The molecule has 0 radical (unpaired) electrons. The number of nitrogens with zero attached hydrogens (tertiary/aromatic N) is 2. The molecular weight excluding hydrogens is 288 g/mol. The van der Waals surface area contributed by atoms with Gasteiger partial charge in [-0.05, 0) is 27.2 Å². The van der Waals surface area contributed by atoms with E-state index in [1.54, 1.807) is 0 Å². The van der Waals surface area contributed by atoms with E-state index in [4.69, 9.17) is 9.47 Å². The van der Waals surface area contributed by atoms with E-state index in [-0.39, 0.29) is 12.6 Å². The molecule has 0 aromatic carbocycles. The van der Waals surface area contributed by atoms with E-state index in [0.717, 1.165) is 13.1 Å². The van der Waals surface area contributed by atoms with Crippen molar-refractivity contribution in [3.05, 3.63) is 0 Å². The van der Waals surface area contributed by atoms with Crippen LogP contribution in [-0.4, -0.2) is 78.0 Å². The zero-order valence-electron chi connectivity index (χ0n) is 13.6. The highest BCUT2D eigenvalue weighted by molar-refractivity contribution is 5.73. The molecule has 0 bridgehead atoms. The molecule has 0 aliphatic carbocycles. The Kier molecular flexibility index (Phi) is 5.28. The number of hydrogen-bond acceptors (Lipinski definition) is 5. The van der Waals surface area contributed by atoms with Crippen molar-refractivity contribution in [1.82, 2.24) is 9.80 Å². The Bertz CT molecular complexity index is 415. The van der Waals surface area contributed by atoms with E-state index in [0.29, 0.717) is 26.2 Å². The van der Waals surface area contributed by atoms with Crippen LogP contribution in [0.4, 0.5) is 4.79 Å². The first-order valence-electron chi connectivity index (χ1n) is 7.79. The standard InChI is InChI=1S/C15H26N2O5/c1-15(2,3)22-14(20)17-9-11(13(18)19)8-12(10-17)16-4-6-21-7-5-16/h11-12H,4-10H2,1-3H3,(H,18,19)/t11-,12-/m0/s1. The van der Waals surface area contributed by atoms with Crippen molar-refractivity contribution in [2.75, 3.05) is 39.4 Å². The second-order valence-electron chi connectivity index (χ2n) is 6.96. The number of morpholine rings is 1. The van der Waals surface area contributed by atoms with Crippen molar-refractivity contribution in [2.45, 2.75) is 38.8 Å². The van der Waals surface area contributed by atoms with Gasteiger partial charge < -0.3 is 19.5 Å². The molecule has 1 amide bonds. The van der Waals surface area contributed by atoms with Gasteiger partial charge >= 0.3 is 12.1 Å². The smallest absolute Gasteiger partial charge is 0.410 e. The second kappa shape index (κ2) is 6.83. The maximum absolute atomic E-state index is 12.3. The molecule has 2 aliphatic rings. The molecule has 2 rings (SSSR count). The molecule has 0 aromatic rings. The van der Waals surface area contributed by atoms with Gasteiger partial charge in [0, 0.05) is 32.2 Å². The largest absolute Gasteiger partial charge is 0.481 e. The third kappa shape index (κ3) is 4.58. The van der Waals surface area contributed by atoms with Gasteiger partial charge in [-0.1, -0.05) is 0 Å². The number of carboxylic acid groups (broad SMARTS) is 1. The van der Waals surface area contributed by atoms with Crippen molar-refractivity contribution < 1.29 is 24.2 Å². The molecule has 1 N–H and O–H groups in total. The Balaban J connectivity index is 2.05. The molecule has 0 saturated carbocycles. The van der Waals surface area contributed by atoms with Gasteiger partial charge in [0.25, 0.3) is 0 Å². The number of carbonyl (C=O) groups excluding carboxylic acids is 1. The fourth-order valence-corrected chi connectivity index (χ4v) is 2.93. The van der Waals surface area contributed by atoms with Crippen LogP contribution in [0.15, 0.2) is 0 Å². The number of amides is 1. The lowest BCUT2D eigenvalue weighted by molar-refractivity contribution is -0.144. The van der Waals surface area contributed by atoms with E-state index in [1.165, 1.54) is 4.90 Å². The highest BCUT2D eigenvalue weighted by Gasteiger charge is 2.38. The van der Waals surface area contributed by atoms with Crippen LogP contribution >= 0.6 is 0 Å². The lowest BCUT2D eigenvalue weighted by atomic mass is 9.93. The van der Waals surface area contributed by atoms with Crippen LogP contribution in [0.1, 0.15) is 27.2 Å². The molecule has 7 heteroatoms. The monoisotopic (exact) mass is 314 g/mol. The van der Waals surface area contributed by atoms with Crippen molar-refractivity contribution in [3.8, 4) is 0 Å². The molecule has 126 valence electrons. The van der Waals surface area contributed by atoms with Gasteiger partial charge in [0.15, 0.2) is 0 Å². The number of hydrogen-bond donors (Lipinski definition) is 1. The maximum atomic E-state index is 12.3. The summed E-state index contributed by atoms with van der Waals surface area (Å²) in [5, 5.41) is 9.36. The summed E-state index contributed by atoms with van der Waals surface area (Å²) in [6.45, 7) is 9.01. The number of piperidine rings is 1. The topological polar surface area (TPSA) is 79.3 Å². The molecular formula is C15H26N2O5. The zero-order valence-corrected chi connectivity index (χ0v) is 13.6. The van der Waals surface area contributed by atoms with Crippen LogP contribution in [0, 0.1) is 5.92 Å². The van der Waals surface area contributed by atoms with Crippen LogP contribution < -0.4 is 0 Å². The molecule has 0 unspecified atom stereocenters. The summed E-state index contributed by atoms with van der Waals surface area (Å²) in [5.74, 6) is -1.40. The van der Waals surface area contributed by atoms with Gasteiger partial charge in [-0.3, -0.25) is 9.69 Å². The lowest BCUT2D eigenvalue weighted by Gasteiger charge is -2.42. The normalized spacial score (nSPS) is 27.5. The lowest BCUT2D eigenvalue weighted by Crippen LogP contribution is -2.56. The first-order valence-corrected chi connectivity index (χ1v) is 7.79. The summed E-state index contributed by atoms with van der Waals surface area (Å²) >= 11 is 0. The van der Waals surface area contributed by atoms with Gasteiger partial charge in [-0.15, -0.1) is 0 Å². The van der Waals surface area contributed by atoms with Crippen LogP contribution in [0.5, 0.6) is 0 Å². The molecule has 0 aromatic heterocycles. The molecule has 2 saturated heterocycles. The van der Waals surface area contributed by atoms with Gasteiger partial charge in [0.05, 0.1) is 19.1 Å². The summed E-state index contributed by atoms with van der Waals surface area (Å²) in [5.41, 5.74) is -0.582. The van der Waals surface area contributed by atoms with Crippen molar-refractivity contribution in [3.63, 3.8) is 0 Å². The molecule has 2 fully saturated rings. The Morgan fingerprint density at radius 3 is 2.36 bits per heavy atom. The summed E-state index contributed by atoms with van der Waals surface area (Å²) in [6, 6.07) is 0.0475. The zero-order chi connectivity index (χ0) is 16.3. The minimum Gasteiger partial charge on any atom is -0.481 e. The Labute approximate surface area is 131 Å².